The summed E-state index contributed by atoms with van der Waals surface area (Å²) in [6.45, 7) is 0. The van der Waals surface area contributed by atoms with Crippen molar-refractivity contribution in [3.05, 3.63) is 78.6 Å². The molecule has 26 heavy (non-hydrogen) atoms. The van der Waals surface area contributed by atoms with Gasteiger partial charge in [0, 0.05) is 18.0 Å². The van der Waals surface area contributed by atoms with Gasteiger partial charge in [-0.2, -0.15) is 0 Å². The Hall–Kier alpha value is -3.60. The van der Waals surface area contributed by atoms with Crippen LogP contribution in [-0.2, 0) is 0 Å². The van der Waals surface area contributed by atoms with E-state index in [4.69, 9.17) is 4.74 Å². The monoisotopic (exact) mass is 344 g/mol. The number of carboxylic acids is 1. The number of hydrogen-bond donors (Lipinski definition) is 1. The maximum atomic E-state index is 11.3. The van der Waals surface area contributed by atoms with Crippen molar-refractivity contribution < 1.29 is 14.6 Å². The van der Waals surface area contributed by atoms with Gasteiger partial charge in [0.25, 0.3) is 0 Å². The molecule has 5 nitrogen and oxygen atoms in total. The van der Waals surface area contributed by atoms with Gasteiger partial charge in [-0.15, -0.1) is 0 Å². The van der Waals surface area contributed by atoms with E-state index >= 15 is 0 Å². The SMILES string of the molecule is COc1ccc(-c2ccc(-c3cn4cccc(C(=O)O)c4n3)cc2)cc1. The lowest BCUT2D eigenvalue weighted by molar-refractivity contribution is 0.0698. The van der Waals surface area contributed by atoms with Crippen LogP contribution >= 0.6 is 0 Å². The summed E-state index contributed by atoms with van der Waals surface area (Å²) in [4.78, 5) is 15.8. The van der Waals surface area contributed by atoms with Gasteiger partial charge in [-0.3, -0.25) is 0 Å². The van der Waals surface area contributed by atoms with Crippen LogP contribution in [0.3, 0.4) is 0 Å². The number of methoxy groups -OCH3 is 1. The van der Waals surface area contributed by atoms with Crippen molar-refractivity contribution in [1.82, 2.24) is 9.38 Å². The summed E-state index contributed by atoms with van der Waals surface area (Å²) in [5, 5.41) is 9.30. The number of carbonyl (C=O) groups is 1. The molecule has 5 heteroatoms. The smallest absolute Gasteiger partial charge is 0.339 e. The quantitative estimate of drug-likeness (QED) is 0.597. The molecule has 0 saturated heterocycles. The number of hydrogen-bond acceptors (Lipinski definition) is 3. The van der Waals surface area contributed by atoms with Crippen LogP contribution < -0.4 is 4.74 Å². The summed E-state index contributed by atoms with van der Waals surface area (Å²) < 4.78 is 6.92. The number of aromatic nitrogens is 2. The fraction of sp³-hybridized carbons (Fsp3) is 0.0476. The number of pyridine rings is 1. The third kappa shape index (κ3) is 2.80. The molecule has 0 fully saturated rings. The van der Waals surface area contributed by atoms with Crippen LogP contribution in [0.25, 0.3) is 28.0 Å². The van der Waals surface area contributed by atoms with Gasteiger partial charge in [0.15, 0.2) is 5.65 Å². The number of imidazole rings is 1. The van der Waals surface area contributed by atoms with Crippen molar-refractivity contribution in [1.29, 1.82) is 0 Å². The summed E-state index contributed by atoms with van der Waals surface area (Å²) in [7, 11) is 1.65. The number of rotatable bonds is 4. The summed E-state index contributed by atoms with van der Waals surface area (Å²) >= 11 is 0. The van der Waals surface area contributed by atoms with Gasteiger partial charge in [-0.1, -0.05) is 36.4 Å². The fourth-order valence-electron chi connectivity index (χ4n) is 2.94. The van der Waals surface area contributed by atoms with Crippen molar-refractivity contribution in [2.24, 2.45) is 0 Å². The second kappa shape index (κ2) is 6.37. The normalized spacial score (nSPS) is 10.8. The van der Waals surface area contributed by atoms with Gasteiger partial charge in [0.2, 0.25) is 0 Å². The Morgan fingerprint density at radius 3 is 2.19 bits per heavy atom. The lowest BCUT2D eigenvalue weighted by Gasteiger charge is -2.04. The van der Waals surface area contributed by atoms with Crippen molar-refractivity contribution in [2.75, 3.05) is 7.11 Å². The fourth-order valence-corrected chi connectivity index (χ4v) is 2.94. The number of ether oxygens (including phenoxy) is 1. The van der Waals surface area contributed by atoms with E-state index in [1.54, 1.807) is 29.8 Å². The highest BCUT2D eigenvalue weighted by molar-refractivity contribution is 5.94. The minimum absolute atomic E-state index is 0.189. The van der Waals surface area contributed by atoms with Crippen molar-refractivity contribution in [2.45, 2.75) is 0 Å². The molecule has 2 aromatic heterocycles. The highest BCUT2D eigenvalue weighted by Crippen LogP contribution is 2.26. The van der Waals surface area contributed by atoms with E-state index in [-0.39, 0.29) is 5.56 Å². The molecule has 2 heterocycles. The third-order valence-corrected chi connectivity index (χ3v) is 4.32. The molecule has 0 unspecified atom stereocenters. The van der Waals surface area contributed by atoms with Gasteiger partial charge < -0.3 is 14.2 Å². The first-order valence-electron chi connectivity index (χ1n) is 8.11. The molecule has 2 aromatic carbocycles. The molecular formula is C21H16N2O3. The molecule has 0 aliphatic heterocycles. The Labute approximate surface area is 150 Å². The minimum Gasteiger partial charge on any atom is -0.497 e. The minimum atomic E-state index is -0.984. The first-order valence-corrected chi connectivity index (χ1v) is 8.11. The molecule has 0 saturated carbocycles. The largest absolute Gasteiger partial charge is 0.497 e. The Balaban J connectivity index is 1.69. The second-order valence-corrected chi connectivity index (χ2v) is 5.89. The molecule has 4 aromatic rings. The van der Waals surface area contributed by atoms with Crippen LogP contribution in [0.5, 0.6) is 5.75 Å². The molecule has 1 N–H and O–H groups in total. The number of fused-ring (bicyclic) bond motifs is 1. The number of benzene rings is 2. The standard InChI is InChI=1S/C21H16N2O3/c1-26-17-10-8-15(9-11-17)14-4-6-16(7-5-14)19-13-23-12-2-3-18(21(24)25)20(23)22-19/h2-13H,1H3,(H,24,25). The van der Waals surface area contributed by atoms with Crippen molar-refractivity contribution >= 4 is 11.6 Å². The van der Waals surface area contributed by atoms with Gasteiger partial charge in [-0.25, -0.2) is 9.78 Å². The highest BCUT2D eigenvalue weighted by atomic mass is 16.5. The maximum absolute atomic E-state index is 11.3. The molecule has 0 aliphatic carbocycles. The molecule has 4 rings (SSSR count). The average molecular weight is 344 g/mol. The molecule has 0 bridgehead atoms. The zero-order valence-corrected chi connectivity index (χ0v) is 14.1. The number of nitrogens with zero attached hydrogens (tertiary/aromatic N) is 2. The maximum Gasteiger partial charge on any atom is 0.339 e. The zero-order chi connectivity index (χ0) is 18.1. The Morgan fingerprint density at radius 1 is 0.962 bits per heavy atom. The Morgan fingerprint density at radius 2 is 1.58 bits per heavy atom. The lowest BCUT2D eigenvalue weighted by Crippen LogP contribution is -1.99. The molecular weight excluding hydrogens is 328 g/mol. The average Bonchev–Trinajstić information content (AvgIpc) is 3.12. The zero-order valence-electron chi connectivity index (χ0n) is 14.1. The van der Waals surface area contributed by atoms with Crippen LogP contribution in [0.15, 0.2) is 73.1 Å². The molecule has 0 radical (unpaired) electrons. The summed E-state index contributed by atoms with van der Waals surface area (Å²) in [6.07, 6.45) is 3.63. The summed E-state index contributed by atoms with van der Waals surface area (Å²) in [5.74, 6) is -0.160. The van der Waals surface area contributed by atoms with E-state index in [1.807, 2.05) is 54.7 Å². The van der Waals surface area contributed by atoms with Crippen LogP contribution in [0, 0.1) is 0 Å². The second-order valence-electron chi connectivity index (χ2n) is 5.89. The van der Waals surface area contributed by atoms with E-state index in [1.165, 1.54) is 0 Å². The van der Waals surface area contributed by atoms with E-state index in [0.29, 0.717) is 5.65 Å². The van der Waals surface area contributed by atoms with Crippen LogP contribution in [-0.4, -0.2) is 27.6 Å². The van der Waals surface area contributed by atoms with Crippen molar-refractivity contribution in [3.63, 3.8) is 0 Å². The van der Waals surface area contributed by atoms with E-state index in [0.717, 1.165) is 28.1 Å². The lowest BCUT2D eigenvalue weighted by atomic mass is 10.0. The van der Waals surface area contributed by atoms with Crippen LogP contribution in [0.2, 0.25) is 0 Å². The number of carboxylic acid groups (broad SMARTS) is 1. The topological polar surface area (TPSA) is 63.8 Å². The van der Waals surface area contributed by atoms with E-state index < -0.39 is 5.97 Å². The predicted octanol–water partition coefficient (Wildman–Crippen LogP) is 4.38. The molecule has 0 atom stereocenters. The molecule has 0 amide bonds. The van der Waals surface area contributed by atoms with Crippen LogP contribution in [0.4, 0.5) is 0 Å². The first-order chi connectivity index (χ1) is 12.7. The first kappa shape index (κ1) is 15.9. The molecule has 128 valence electrons. The Kier molecular flexibility index (Phi) is 3.89. The van der Waals surface area contributed by atoms with Gasteiger partial charge >= 0.3 is 5.97 Å². The van der Waals surface area contributed by atoms with Crippen molar-refractivity contribution in [3.8, 4) is 28.1 Å². The number of aromatic carboxylic acids is 1. The predicted molar refractivity (Wildman–Crippen MR) is 99.6 cm³/mol. The van der Waals surface area contributed by atoms with E-state index in [2.05, 4.69) is 4.98 Å². The van der Waals surface area contributed by atoms with Gasteiger partial charge in [0.1, 0.15) is 11.3 Å². The molecule has 0 spiro atoms. The summed E-state index contributed by atoms with van der Waals surface area (Å²) in [5.41, 5.74) is 4.48. The van der Waals surface area contributed by atoms with Gasteiger partial charge in [-0.05, 0) is 35.4 Å². The summed E-state index contributed by atoms with van der Waals surface area (Å²) in [6, 6.07) is 19.2. The van der Waals surface area contributed by atoms with Crippen LogP contribution in [0.1, 0.15) is 10.4 Å². The third-order valence-electron chi connectivity index (χ3n) is 4.32. The van der Waals surface area contributed by atoms with E-state index in [9.17, 15) is 9.90 Å². The highest BCUT2D eigenvalue weighted by Gasteiger charge is 2.12. The Bertz CT molecular complexity index is 1080. The molecule has 0 aliphatic rings. The van der Waals surface area contributed by atoms with Gasteiger partial charge in [0.05, 0.1) is 12.8 Å².